The number of hydrogen-bond acceptors (Lipinski definition) is 2. The van der Waals surface area contributed by atoms with E-state index in [1.165, 1.54) is 44.9 Å². The number of carbonyl (C=O) groups excluding carboxylic acids is 1. The molecule has 5 nitrogen and oxygen atoms in total. The van der Waals surface area contributed by atoms with Crippen molar-refractivity contribution >= 4 is 35.8 Å². The molecule has 1 amide bonds. The number of amides is 1. The number of carbonyl (C=O) groups is 1. The Morgan fingerprint density at radius 3 is 2.19 bits per heavy atom. The molecule has 0 aromatic carbocycles. The quantitative estimate of drug-likeness (QED) is 0.277. The second-order valence-electron chi connectivity index (χ2n) is 8.07. The van der Waals surface area contributed by atoms with Gasteiger partial charge in [-0.2, -0.15) is 0 Å². The summed E-state index contributed by atoms with van der Waals surface area (Å²) >= 11 is 0. The number of rotatable bonds is 5. The van der Waals surface area contributed by atoms with Crippen molar-refractivity contribution in [3.63, 3.8) is 0 Å². The van der Waals surface area contributed by atoms with Crippen LogP contribution in [-0.4, -0.2) is 49.5 Å². The number of halogens is 1. The Hall–Kier alpha value is -0.530. The summed E-state index contributed by atoms with van der Waals surface area (Å²) < 4.78 is 0. The standard InChI is InChI=1S/C20H36N4O.HI/c1-2-21-20(24-14-17-10-6-7-11-18(17)15-24)23-13-12-22-19(25)16-8-4-3-5-9-16;/h16-18H,2-15H2,1H3,(H,21,23)(H,22,25);1H. The highest BCUT2D eigenvalue weighted by molar-refractivity contribution is 14.0. The van der Waals surface area contributed by atoms with Gasteiger partial charge < -0.3 is 15.5 Å². The molecule has 2 aliphatic carbocycles. The van der Waals surface area contributed by atoms with Gasteiger partial charge in [0, 0.05) is 32.1 Å². The highest BCUT2D eigenvalue weighted by Gasteiger charge is 2.35. The highest BCUT2D eigenvalue weighted by Crippen LogP contribution is 2.35. The Balaban J connectivity index is 0.00000243. The first-order valence-electron chi connectivity index (χ1n) is 10.6. The van der Waals surface area contributed by atoms with Gasteiger partial charge in [0.15, 0.2) is 5.96 Å². The van der Waals surface area contributed by atoms with Crippen LogP contribution >= 0.6 is 24.0 Å². The van der Waals surface area contributed by atoms with E-state index in [-0.39, 0.29) is 35.8 Å². The minimum absolute atomic E-state index is 0. The Morgan fingerprint density at radius 2 is 1.58 bits per heavy atom. The molecule has 3 aliphatic rings. The van der Waals surface area contributed by atoms with E-state index in [4.69, 9.17) is 4.99 Å². The molecule has 0 radical (unpaired) electrons. The monoisotopic (exact) mass is 476 g/mol. The molecular weight excluding hydrogens is 439 g/mol. The third kappa shape index (κ3) is 5.99. The van der Waals surface area contributed by atoms with Gasteiger partial charge in [-0.3, -0.25) is 9.79 Å². The van der Waals surface area contributed by atoms with Crippen LogP contribution in [0.3, 0.4) is 0 Å². The van der Waals surface area contributed by atoms with Gasteiger partial charge in [0.05, 0.1) is 6.54 Å². The molecule has 0 aromatic heterocycles. The van der Waals surface area contributed by atoms with Gasteiger partial charge in [-0.15, -0.1) is 24.0 Å². The SMILES string of the molecule is CCNC(=NCCNC(=O)C1CCCCC1)N1CC2CCCCC2C1.I. The molecule has 3 fully saturated rings. The van der Waals surface area contributed by atoms with Crippen molar-refractivity contribution in [2.24, 2.45) is 22.7 Å². The van der Waals surface area contributed by atoms with Crippen molar-refractivity contribution in [2.45, 2.75) is 64.7 Å². The van der Waals surface area contributed by atoms with Gasteiger partial charge in [-0.1, -0.05) is 32.1 Å². The molecule has 1 aliphatic heterocycles. The summed E-state index contributed by atoms with van der Waals surface area (Å²) in [6, 6.07) is 0. The van der Waals surface area contributed by atoms with Gasteiger partial charge in [0.1, 0.15) is 0 Å². The van der Waals surface area contributed by atoms with Crippen LogP contribution in [0.2, 0.25) is 0 Å². The zero-order valence-corrected chi connectivity index (χ0v) is 18.7. The second kappa shape index (κ2) is 11.3. The number of hydrogen-bond donors (Lipinski definition) is 2. The second-order valence-corrected chi connectivity index (χ2v) is 8.07. The molecule has 0 spiro atoms. The summed E-state index contributed by atoms with van der Waals surface area (Å²) in [5.41, 5.74) is 0. The molecule has 2 saturated carbocycles. The van der Waals surface area contributed by atoms with Gasteiger partial charge in [0.2, 0.25) is 5.91 Å². The van der Waals surface area contributed by atoms with Gasteiger partial charge in [0.25, 0.3) is 0 Å². The molecule has 1 saturated heterocycles. The Kier molecular flexibility index (Phi) is 9.50. The van der Waals surface area contributed by atoms with Crippen LogP contribution in [-0.2, 0) is 4.79 Å². The first kappa shape index (κ1) is 21.8. The van der Waals surface area contributed by atoms with E-state index in [9.17, 15) is 4.79 Å². The topological polar surface area (TPSA) is 56.7 Å². The van der Waals surface area contributed by atoms with E-state index in [0.29, 0.717) is 13.1 Å². The minimum atomic E-state index is 0. The first-order valence-corrected chi connectivity index (χ1v) is 10.6. The lowest BCUT2D eigenvalue weighted by molar-refractivity contribution is -0.125. The first-order chi connectivity index (χ1) is 12.3. The fourth-order valence-electron chi connectivity index (χ4n) is 4.85. The molecule has 2 unspecified atom stereocenters. The number of aliphatic imine (C=N–C) groups is 1. The fourth-order valence-corrected chi connectivity index (χ4v) is 4.85. The molecule has 150 valence electrons. The lowest BCUT2D eigenvalue weighted by atomic mass is 9.82. The van der Waals surface area contributed by atoms with Crippen LogP contribution in [0.4, 0.5) is 0 Å². The Labute approximate surface area is 176 Å². The van der Waals surface area contributed by atoms with Crippen molar-refractivity contribution in [1.82, 2.24) is 15.5 Å². The summed E-state index contributed by atoms with van der Waals surface area (Å²) in [5, 5.41) is 6.55. The molecule has 1 heterocycles. The maximum Gasteiger partial charge on any atom is 0.223 e. The molecule has 2 N–H and O–H groups in total. The number of guanidine groups is 1. The molecule has 6 heteroatoms. The normalized spacial score (nSPS) is 26.8. The van der Waals surface area contributed by atoms with Crippen LogP contribution in [0.1, 0.15) is 64.7 Å². The van der Waals surface area contributed by atoms with E-state index in [0.717, 1.165) is 50.3 Å². The Bertz CT molecular complexity index is 451. The molecule has 26 heavy (non-hydrogen) atoms. The smallest absolute Gasteiger partial charge is 0.223 e. The fraction of sp³-hybridized carbons (Fsp3) is 0.900. The summed E-state index contributed by atoms with van der Waals surface area (Å²) in [6.07, 6.45) is 11.4. The summed E-state index contributed by atoms with van der Waals surface area (Å²) in [5.74, 6) is 3.26. The average Bonchev–Trinajstić information content (AvgIpc) is 3.09. The van der Waals surface area contributed by atoms with Crippen molar-refractivity contribution in [3.8, 4) is 0 Å². The zero-order chi connectivity index (χ0) is 17.5. The lowest BCUT2D eigenvalue weighted by Gasteiger charge is -2.22. The van der Waals surface area contributed by atoms with Crippen LogP contribution < -0.4 is 10.6 Å². The van der Waals surface area contributed by atoms with E-state index in [2.05, 4.69) is 22.5 Å². The van der Waals surface area contributed by atoms with Gasteiger partial charge >= 0.3 is 0 Å². The van der Waals surface area contributed by atoms with Crippen molar-refractivity contribution in [2.75, 3.05) is 32.7 Å². The van der Waals surface area contributed by atoms with E-state index in [1.54, 1.807) is 0 Å². The Morgan fingerprint density at radius 1 is 0.962 bits per heavy atom. The summed E-state index contributed by atoms with van der Waals surface area (Å²) in [7, 11) is 0. The predicted octanol–water partition coefficient (Wildman–Crippen LogP) is 3.39. The third-order valence-electron chi connectivity index (χ3n) is 6.26. The van der Waals surface area contributed by atoms with Crippen LogP contribution in [0.5, 0.6) is 0 Å². The van der Waals surface area contributed by atoms with Crippen LogP contribution in [0, 0.1) is 17.8 Å². The summed E-state index contributed by atoms with van der Waals surface area (Å²) in [6.45, 7) is 6.68. The predicted molar refractivity (Wildman–Crippen MR) is 118 cm³/mol. The van der Waals surface area contributed by atoms with Crippen molar-refractivity contribution in [3.05, 3.63) is 0 Å². The van der Waals surface area contributed by atoms with Crippen molar-refractivity contribution < 1.29 is 4.79 Å². The van der Waals surface area contributed by atoms with Gasteiger partial charge in [-0.05, 0) is 44.4 Å². The number of likely N-dealkylation sites (tertiary alicyclic amines) is 1. The van der Waals surface area contributed by atoms with E-state index in [1.807, 2.05) is 0 Å². The number of fused-ring (bicyclic) bond motifs is 1. The number of nitrogens with one attached hydrogen (secondary N) is 2. The maximum atomic E-state index is 12.2. The number of nitrogens with zero attached hydrogens (tertiary/aromatic N) is 2. The lowest BCUT2D eigenvalue weighted by Crippen LogP contribution is -2.41. The molecule has 2 atom stereocenters. The van der Waals surface area contributed by atoms with Crippen LogP contribution in [0.15, 0.2) is 4.99 Å². The van der Waals surface area contributed by atoms with Crippen molar-refractivity contribution in [1.29, 1.82) is 0 Å². The van der Waals surface area contributed by atoms with Crippen LogP contribution in [0.25, 0.3) is 0 Å². The molecule has 3 rings (SSSR count). The minimum Gasteiger partial charge on any atom is -0.357 e. The molecule has 0 bridgehead atoms. The largest absolute Gasteiger partial charge is 0.357 e. The van der Waals surface area contributed by atoms with E-state index >= 15 is 0 Å². The van der Waals surface area contributed by atoms with Gasteiger partial charge in [-0.25, -0.2) is 0 Å². The average molecular weight is 476 g/mol. The third-order valence-corrected chi connectivity index (χ3v) is 6.26. The summed E-state index contributed by atoms with van der Waals surface area (Å²) in [4.78, 5) is 19.4. The van der Waals surface area contributed by atoms with E-state index < -0.39 is 0 Å². The highest BCUT2D eigenvalue weighted by atomic mass is 127. The zero-order valence-electron chi connectivity index (χ0n) is 16.3. The molecule has 0 aromatic rings. The molecular formula is C20H37IN4O. The maximum absolute atomic E-state index is 12.2.